The Bertz CT molecular complexity index is 410. The largest absolute Gasteiger partial charge is 0.221 e. The van der Waals surface area contributed by atoms with E-state index in [1.165, 1.54) is 116 Å². The van der Waals surface area contributed by atoms with Crippen LogP contribution in [0.3, 0.4) is 0 Å². The molecule has 0 radical (unpaired) electrons. The van der Waals surface area contributed by atoms with Gasteiger partial charge < -0.3 is 0 Å². The van der Waals surface area contributed by atoms with E-state index >= 15 is 0 Å². The summed E-state index contributed by atoms with van der Waals surface area (Å²) in [7, 11) is 0. The molecule has 0 bridgehead atoms. The van der Waals surface area contributed by atoms with Crippen LogP contribution in [0.5, 0.6) is 0 Å². The Kier molecular flexibility index (Phi) is 17.3. The van der Waals surface area contributed by atoms with Gasteiger partial charge in [-0.15, -0.1) is 0 Å². The van der Waals surface area contributed by atoms with Crippen LogP contribution in [0.15, 0.2) is 6.33 Å². The van der Waals surface area contributed by atoms with Crippen molar-refractivity contribution < 1.29 is 0 Å². The van der Waals surface area contributed by atoms with Gasteiger partial charge in [0.25, 0.3) is 0 Å². The summed E-state index contributed by atoms with van der Waals surface area (Å²) in [6, 6.07) is 0. The number of aryl methyl sites for hydroxylation is 2. The first kappa shape index (κ1) is 25.0. The number of unbranched alkanes of at least 4 members (excludes halogenated alkanes) is 16. The fraction of sp³-hybridized carbons (Fsp3) is 0.880. The molecule has 0 aromatic carbocycles. The van der Waals surface area contributed by atoms with Gasteiger partial charge in [-0.25, -0.2) is 15.0 Å². The maximum Gasteiger partial charge on any atom is 0.132 e. The molecule has 0 saturated carbocycles. The zero-order valence-corrected chi connectivity index (χ0v) is 19.1. The van der Waals surface area contributed by atoms with Gasteiger partial charge >= 0.3 is 0 Å². The van der Waals surface area contributed by atoms with E-state index in [1.807, 2.05) is 0 Å². The first-order valence-electron chi connectivity index (χ1n) is 12.5. The van der Waals surface area contributed by atoms with E-state index in [-0.39, 0.29) is 0 Å². The van der Waals surface area contributed by atoms with Crippen LogP contribution in [0.4, 0.5) is 0 Å². The van der Waals surface area contributed by atoms with E-state index in [0.29, 0.717) is 0 Å². The maximum atomic E-state index is 4.69. The molecule has 1 aromatic heterocycles. The van der Waals surface area contributed by atoms with E-state index < -0.39 is 0 Å². The molecule has 0 fully saturated rings. The van der Waals surface area contributed by atoms with Gasteiger partial charge in [-0.3, -0.25) is 0 Å². The summed E-state index contributed by atoms with van der Waals surface area (Å²) in [5, 5.41) is 0. The standard InChI is InChI=1S/C25H47N3/c1-3-5-7-9-11-13-15-17-19-21-24-26-23-27-25(28-24)22-20-18-16-14-12-10-8-6-4-2/h23H,3-22H2,1-2H3. The lowest BCUT2D eigenvalue weighted by Gasteiger charge is -2.04. The van der Waals surface area contributed by atoms with Crippen LogP contribution < -0.4 is 0 Å². The molecule has 28 heavy (non-hydrogen) atoms. The first-order valence-corrected chi connectivity index (χ1v) is 12.5. The van der Waals surface area contributed by atoms with Crippen LogP contribution in [0.2, 0.25) is 0 Å². The predicted molar refractivity (Wildman–Crippen MR) is 122 cm³/mol. The van der Waals surface area contributed by atoms with Crippen LogP contribution in [-0.4, -0.2) is 15.0 Å². The summed E-state index contributed by atoms with van der Waals surface area (Å²) >= 11 is 0. The molecule has 162 valence electrons. The molecule has 0 amide bonds. The molecule has 0 spiro atoms. The fourth-order valence-corrected chi connectivity index (χ4v) is 3.80. The highest BCUT2D eigenvalue weighted by atomic mass is 15.0. The summed E-state index contributed by atoms with van der Waals surface area (Å²) in [5.74, 6) is 2.01. The molecule has 0 unspecified atom stereocenters. The van der Waals surface area contributed by atoms with Crippen molar-refractivity contribution in [3.63, 3.8) is 0 Å². The van der Waals surface area contributed by atoms with E-state index in [0.717, 1.165) is 24.5 Å². The van der Waals surface area contributed by atoms with Crippen molar-refractivity contribution in [1.29, 1.82) is 0 Å². The minimum atomic E-state index is 1.00. The molecule has 0 N–H and O–H groups in total. The molecule has 1 heterocycles. The Balaban J connectivity index is 2.00. The Labute approximate surface area is 175 Å². The zero-order chi connectivity index (χ0) is 20.1. The molecule has 3 nitrogen and oxygen atoms in total. The van der Waals surface area contributed by atoms with Crippen molar-refractivity contribution in [3.8, 4) is 0 Å². The molecule has 0 saturated heterocycles. The maximum absolute atomic E-state index is 4.69. The molecule has 0 aliphatic carbocycles. The molecular formula is C25H47N3. The van der Waals surface area contributed by atoms with Gasteiger partial charge in [-0.2, -0.15) is 0 Å². The molecule has 0 atom stereocenters. The zero-order valence-electron chi connectivity index (χ0n) is 19.1. The van der Waals surface area contributed by atoms with E-state index in [1.54, 1.807) is 6.33 Å². The molecular weight excluding hydrogens is 342 g/mol. The van der Waals surface area contributed by atoms with Gasteiger partial charge in [0, 0.05) is 12.8 Å². The number of nitrogens with zero attached hydrogens (tertiary/aromatic N) is 3. The Morgan fingerprint density at radius 2 is 0.786 bits per heavy atom. The lowest BCUT2D eigenvalue weighted by atomic mass is 10.1. The number of aromatic nitrogens is 3. The van der Waals surface area contributed by atoms with Gasteiger partial charge in [-0.1, -0.05) is 117 Å². The summed E-state index contributed by atoms with van der Waals surface area (Å²) in [5.41, 5.74) is 0. The molecule has 1 rings (SSSR count). The van der Waals surface area contributed by atoms with E-state index in [2.05, 4.69) is 28.8 Å². The first-order chi connectivity index (χ1) is 13.9. The Morgan fingerprint density at radius 1 is 0.464 bits per heavy atom. The minimum absolute atomic E-state index is 1.00. The van der Waals surface area contributed by atoms with Gasteiger partial charge in [0.05, 0.1) is 0 Å². The van der Waals surface area contributed by atoms with Crippen LogP contribution in [-0.2, 0) is 12.8 Å². The van der Waals surface area contributed by atoms with Crippen molar-refractivity contribution in [2.24, 2.45) is 0 Å². The van der Waals surface area contributed by atoms with Gasteiger partial charge in [0.15, 0.2) is 0 Å². The Morgan fingerprint density at radius 3 is 1.14 bits per heavy atom. The van der Waals surface area contributed by atoms with Crippen molar-refractivity contribution in [2.75, 3.05) is 0 Å². The average molecular weight is 390 g/mol. The van der Waals surface area contributed by atoms with Gasteiger partial charge in [-0.05, 0) is 12.8 Å². The highest BCUT2D eigenvalue weighted by Gasteiger charge is 2.02. The van der Waals surface area contributed by atoms with E-state index in [9.17, 15) is 0 Å². The molecule has 0 aliphatic heterocycles. The highest BCUT2D eigenvalue weighted by Crippen LogP contribution is 2.12. The van der Waals surface area contributed by atoms with Crippen LogP contribution in [0.1, 0.15) is 141 Å². The Hall–Kier alpha value is -0.990. The number of hydrogen-bond acceptors (Lipinski definition) is 3. The topological polar surface area (TPSA) is 38.7 Å². The van der Waals surface area contributed by atoms with Crippen molar-refractivity contribution in [3.05, 3.63) is 18.0 Å². The van der Waals surface area contributed by atoms with Crippen molar-refractivity contribution >= 4 is 0 Å². The van der Waals surface area contributed by atoms with Crippen LogP contribution >= 0.6 is 0 Å². The summed E-state index contributed by atoms with van der Waals surface area (Å²) < 4.78 is 0. The lowest BCUT2D eigenvalue weighted by Crippen LogP contribution is -2.02. The molecule has 1 aromatic rings. The van der Waals surface area contributed by atoms with E-state index in [4.69, 9.17) is 0 Å². The smallest absolute Gasteiger partial charge is 0.132 e. The van der Waals surface area contributed by atoms with Crippen LogP contribution in [0, 0.1) is 0 Å². The summed E-state index contributed by atoms with van der Waals surface area (Å²) in [6.07, 6.45) is 28.3. The third-order valence-corrected chi connectivity index (χ3v) is 5.68. The third-order valence-electron chi connectivity index (χ3n) is 5.68. The van der Waals surface area contributed by atoms with Crippen molar-refractivity contribution in [1.82, 2.24) is 15.0 Å². The normalized spacial score (nSPS) is 11.2. The summed E-state index contributed by atoms with van der Waals surface area (Å²) in [6.45, 7) is 4.56. The quantitative estimate of drug-likeness (QED) is 0.212. The number of hydrogen-bond donors (Lipinski definition) is 0. The average Bonchev–Trinajstić information content (AvgIpc) is 2.72. The van der Waals surface area contributed by atoms with Gasteiger partial charge in [0.2, 0.25) is 0 Å². The monoisotopic (exact) mass is 389 g/mol. The fourth-order valence-electron chi connectivity index (χ4n) is 3.80. The number of rotatable bonds is 20. The van der Waals surface area contributed by atoms with Crippen LogP contribution in [0.25, 0.3) is 0 Å². The SMILES string of the molecule is CCCCCCCCCCCc1ncnc(CCCCCCCCCCC)n1. The predicted octanol–water partition coefficient (Wildman–Crippen LogP) is 8.02. The lowest BCUT2D eigenvalue weighted by molar-refractivity contribution is 0.557. The second kappa shape index (κ2) is 19.3. The second-order valence-corrected chi connectivity index (χ2v) is 8.47. The molecule has 0 aliphatic rings. The van der Waals surface area contributed by atoms with Crippen molar-refractivity contribution in [2.45, 2.75) is 142 Å². The third kappa shape index (κ3) is 15.0. The molecule has 3 heteroatoms. The summed E-state index contributed by atoms with van der Waals surface area (Å²) in [4.78, 5) is 13.4. The van der Waals surface area contributed by atoms with Gasteiger partial charge in [0.1, 0.15) is 18.0 Å². The minimum Gasteiger partial charge on any atom is -0.221 e. The second-order valence-electron chi connectivity index (χ2n) is 8.47. The highest BCUT2D eigenvalue weighted by molar-refractivity contribution is 4.91.